The zero-order chi connectivity index (χ0) is 11.9. The second kappa shape index (κ2) is 7.05. The van der Waals surface area contributed by atoms with Gasteiger partial charge in [-0.05, 0) is 5.25 Å². The first-order valence-corrected chi connectivity index (χ1v) is 5.79. The lowest BCUT2D eigenvalue weighted by Gasteiger charge is -2.28. The highest BCUT2D eigenvalue weighted by Gasteiger charge is 2.29. The number of amides is 1. The summed E-state index contributed by atoms with van der Waals surface area (Å²) in [5.41, 5.74) is -1.31. The molecule has 90 valence electrons. The van der Waals surface area contributed by atoms with Gasteiger partial charge in [-0.25, -0.2) is 0 Å². The molecule has 0 bridgehead atoms. The van der Waals surface area contributed by atoms with E-state index in [-0.39, 0.29) is 11.7 Å². The van der Waals surface area contributed by atoms with Crippen molar-refractivity contribution < 1.29 is 20.1 Å². The standard InChI is InChI=1S/C9H19NO4S/c1-7(2)15-3-8(14)10-9(4-11,5-12)6-13/h7,11-13H,3-6H2,1-2H3,(H,10,14). The molecule has 0 saturated heterocycles. The van der Waals surface area contributed by atoms with Gasteiger partial charge in [-0.3, -0.25) is 4.79 Å². The van der Waals surface area contributed by atoms with E-state index in [0.29, 0.717) is 5.25 Å². The van der Waals surface area contributed by atoms with Crippen molar-refractivity contribution >= 4 is 17.7 Å². The van der Waals surface area contributed by atoms with Gasteiger partial charge in [0, 0.05) is 0 Å². The second-order valence-electron chi connectivity index (χ2n) is 3.66. The summed E-state index contributed by atoms with van der Waals surface area (Å²) in [6.07, 6.45) is 0. The average Bonchev–Trinajstić information content (AvgIpc) is 2.23. The Kier molecular flexibility index (Phi) is 6.91. The van der Waals surface area contributed by atoms with Crippen molar-refractivity contribution in [3.8, 4) is 0 Å². The highest BCUT2D eigenvalue weighted by Crippen LogP contribution is 2.09. The number of carbonyl (C=O) groups is 1. The van der Waals surface area contributed by atoms with Gasteiger partial charge in [0.2, 0.25) is 5.91 Å². The fraction of sp³-hybridized carbons (Fsp3) is 0.889. The van der Waals surface area contributed by atoms with Crippen molar-refractivity contribution in [2.45, 2.75) is 24.6 Å². The molecule has 1 amide bonds. The van der Waals surface area contributed by atoms with Gasteiger partial charge < -0.3 is 20.6 Å². The minimum Gasteiger partial charge on any atom is -0.394 e. The van der Waals surface area contributed by atoms with Crippen LogP contribution in [0.25, 0.3) is 0 Å². The Hall–Kier alpha value is -0.300. The largest absolute Gasteiger partial charge is 0.394 e. The third kappa shape index (κ3) is 5.36. The monoisotopic (exact) mass is 237 g/mol. The lowest BCUT2D eigenvalue weighted by Crippen LogP contribution is -2.57. The van der Waals surface area contributed by atoms with Crippen LogP contribution in [0.15, 0.2) is 0 Å². The summed E-state index contributed by atoms with van der Waals surface area (Å²) >= 11 is 1.45. The fourth-order valence-electron chi connectivity index (χ4n) is 0.843. The van der Waals surface area contributed by atoms with Crippen molar-refractivity contribution in [3.63, 3.8) is 0 Å². The summed E-state index contributed by atoms with van der Waals surface area (Å²) < 4.78 is 0. The van der Waals surface area contributed by atoms with E-state index >= 15 is 0 Å². The zero-order valence-corrected chi connectivity index (χ0v) is 9.88. The first-order chi connectivity index (χ1) is 6.99. The van der Waals surface area contributed by atoms with E-state index in [1.165, 1.54) is 11.8 Å². The summed E-state index contributed by atoms with van der Waals surface area (Å²) in [5, 5.41) is 29.6. The number of rotatable bonds is 7. The summed E-state index contributed by atoms with van der Waals surface area (Å²) in [6.45, 7) is 2.47. The number of carbonyl (C=O) groups excluding carboxylic acids is 1. The topological polar surface area (TPSA) is 89.8 Å². The van der Waals surface area contributed by atoms with Gasteiger partial charge in [0.25, 0.3) is 0 Å². The number of aliphatic hydroxyl groups is 3. The van der Waals surface area contributed by atoms with Gasteiger partial charge in [0.05, 0.1) is 25.6 Å². The molecule has 0 aromatic heterocycles. The van der Waals surface area contributed by atoms with Crippen LogP contribution in [0.1, 0.15) is 13.8 Å². The van der Waals surface area contributed by atoms with E-state index in [2.05, 4.69) is 5.32 Å². The molecule has 0 fully saturated rings. The van der Waals surface area contributed by atoms with Gasteiger partial charge in [-0.1, -0.05) is 13.8 Å². The Morgan fingerprint density at radius 3 is 2.07 bits per heavy atom. The van der Waals surface area contributed by atoms with E-state index in [4.69, 9.17) is 15.3 Å². The molecule has 0 aliphatic heterocycles. The molecule has 0 saturated carbocycles. The Morgan fingerprint density at radius 1 is 1.27 bits per heavy atom. The molecule has 0 heterocycles. The molecule has 0 unspecified atom stereocenters. The van der Waals surface area contributed by atoms with Crippen LogP contribution >= 0.6 is 11.8 Å². The van der Waals surface area contributed by atoms with E-state index in [1.807, 2.05) is 13.8 Å². The van der Waals surface area contributed by atoms with Crippen LogP contribution in [0.5, 0.6) is 0 Å². The van der Waals surface area contributed by atoms with Crippen molar-refractivity contribution in [2.75, 3.05) is 25.6 Å². The SMILES string of the molecule is CC(C)SCC(=O)NC(CO)(CO)CO. The van der Waals surface area contributed by atoms with Gasteiger partial charge in [-0.2, -0.15) is 0 Å². The fourth-order valence-corrected chi connectivity index (χ4v) is 1.40. The molecule has 0 aliphatic carbocycles. The molecule has 5 nitrogen and oxygen atoms in total. The molecular weight excluding hydrogens is 218 g/mol. The van der Waals surface area contributed by atoms with Crippen molar-refractivity contribution in [3.05, 3.63) is 0 Å². The van der Waals surface area contributed by atoms with Crippen molar-refractivity contribution in [1.82, 2.24) is 5.32 Å². The number of hydrogen-bond donors (Lipinski definition) is 4. The van der Waals surface area contributed by atoms with Gasteiger partial charge in [0.15, 0.2) is 0 Å². The molecule has 0 rings (SSSR count). The number of hydrogen-bond acceptors (Lipinski definition) is 5. The number of aliphatic hydroxyl groups excluding tert-OH is 3. The quantitative estimate of drug-likeness (QED) is 0.454. The molecule has 0 aromatic carbocycles. The first kappa shape index (κ1) is 14.7. The lowest BCUT2D eigenvalue weighted by molar-refractivity contribution is -0.122. The van der Waals surface area contributed by atoms with Crippen LogP contribution in [0.3, 0.4) is 0 Å². The molecule has 15 heavy (non-hydrogen) atoms. The predicted octanol–water partition coefficient (Wildman–Crippen LogP) is -1.04. The van der Waals surface area contributed by atoms with E-state index in [0.717, 1.165) is 0 Å². The lowest BCUT2D eigenvalue weighted by atomic mass is 10.0. The Balaban J connectivity index is 4.11. The zero-order valence-electron chi connectivity index (χ0n) is 9.06. The van der Waals surface area contributed by atoms with Crippen LogP contribution in [0.2, 0.25) is 0 Å². The Labute approximate surface area is 93.9 Å². The first-order valence-electron chi connectivity index (χ1n) is 4.75. The van der Waals surface area contributed by atoms with E-state index in [1.54, 1.807) is 0 Å². The summed E-state index contributed by atoms with van der Waals surface area (Å²) in [6, 6.07) is 0. The van der Waals surface area contributed by atoms with Crippen molar-refractivity contribution in [2.24, 2.45) is 0 Å². The average molecular weight is 237 g/mol. The van der Waals surface area contributed by atoms with E-state index < -0.39 is 25.4 Å². The van der Waals surface area contributed by atoms with Gasteiger partial charge in [0.1, 0.15) is 5.54 Å². The highest BCUT2D eigenvalue weighted by molar-refractivity contribution is 8.00. The summed E-state index contributed by atoms with van der Waals surface area (Å²) in [7, 11) is 0. The molecule has 4 N–H and O–H groups in total. The number of thioether (sulfide) groups is 1. The Bertz CT molecular complexity index is 186. The van der Waals surface area contributed by atoms with Crippen LogP contribution < -0.4 is 5.32 Å². The molecule has 0 aliphatic rings. The molecular formula is C9H19NO4S. The second-order valence-corrected chi connectivity index (χ2v) is 5.23. The van der Waals surface area contributed by atoms with Crippen LogP contribution in [0, 0.1) is 0 Å². The highest BCUT2D eigenvalue weighted by atomic mass is 32.2. The summed E-state index contributed by atoms with van der Waals surface area (Å²) in [4.78, 5) is 11.4. The van der Waals surface area contributed by atoms with Crippen LogP contribution in [-0.4, -0.2) is 57.6 Å². The molecule has 0 atom stereocenters. The maximum Gasteiger partial charge on any atom is 0.230 e. The molecule has 0 spiro atoms. The number of nitrogens with one attached hydrogen (secondary N) is 1. The minimum atomic E-state index is -1.31. The third-order valence-electron chi connectivity index (χ3n) is 1.86. The predicted molar refractivity (Wildman–Crippen MR) is 59.7 cm³/mol. The normalized spacial score (nSPS) is 11.9. The van der Waals surface area contributed by atoms with Gasteiger partial charge in [-0.15, -0.1) is 11.8 Å². The van der Waals surface area contributed by atoms with Crippen LogP contribution in [-0.2, 0) is 4.79 Å². The third-order valence-corrected chi connectivity index (χ3v) is 2.96. The molecule has 0 radical (unpaired) electrons. The Morgan fingerprint density at radius 2 is 1.73 bits per heavy atom. The molecule has 0 aromatic rings. The van der Waals surface area contributed by atoms with Crippen LogP contribution in [0.4, 0.5) is 0 Å². The summed E-state index contributed by atoms with van der Waals surface area (Å²) in [5.74, 6) is -0.0507. The van der Waals surface area contributed by atoms with Crippen molar-refractivity contribution in [1.29, 1.82) is 0 Å². The van der Waals surface area contributed by atoms with E-state index in [9.17, 15) is 4.79 Å². The molecule has 6 heteroatoms. The minimum absolute atomic E-state index is 0.249. The van der Waals surface area contributed by atoms with Gasteiger partial charge >= 0.3 is 0 Å². The maximum atomic E-state index is 11.4. The maximum absolute atomic E-state index is 11.4. The smallest absolute Gasteiger partial charge is 0.230 e.